The summed E-state index contributed by atoms with van der Waals surface area (Å²) >= 11 is 13.8. The molecule has 7 N–H and O–H groups in total. The van der Waals surface area contributed by atoms with Crippen LogP contribution in [-0.2, 0) is 48.3 Å². The Kier molecular flexibility index (Phi) is 32.1. The standard InChI is InChI=1S/C23H19N5S3.C19H22FN5O2.C18H17N7S.C16H18ClN7O.C15H11N7O3S/c1-3-17-22(30-13-24-17)27-21-11-19(15-6-4-5-14(2)9-15)26-23(28-21)31-16-7-8-18-20(10-16)29-12-25-18;1-5-25(15-8-6-14(20)7-9-15)19-22-13(3)12(2)17(24-19)23-18-16(10-26-4)21-11-27-18;19-10-9-12-5-7-13(8-6-12)21-17-22-15-4-2-1-3-14(15)16(23-17)24-18-25-20-11-26-18;1-23(2)9-11-8-14(21-16-22-18-10-25-16)20-15(19-11)24(3)13-7-5-4-6-12(13)17;1-24-13(23)11-5-12(19-14-22-17-7-25-14)20-15(18-11)26-9-2-3-10-8(4-9)6-16-21-10/h4-13H,3H2,1-2H3,(H,26,27,28);6-9,11H,5,10H2,1-4H3,(H,22,23,24);5-8,11H,1-4,9H2,(H2,21,22,23,24,25);4-8,10H,9H2,1-3H3,(H,19,20,21,22);2-7H,1H3,(H,16,21)(H,18,19,20,22). The minimum atomic E-state index is -0.576. The van der Waals surface area contributed by atoms with Gasteiger partial charge in [0.15, 0.2) is 22.4 Å². The number of nitriles is 1. The lowest BCUT2D eigenvalue weighted by Crippen LogP contribution is -2.20. The molecular formula is C91H87ClFN31O6S5. The minimum Gasteiger partial charge on any atom is -0.464 e. The number of methoxy groups -OCH3 is 2. The Morgan fingerprint density at radius 1 is 0.644 bits per heavy atom. The summed E-state index contributed by atoms with van der Waals surface area (Å²) < 4.78 is 39.9. The van der Waals surface area contributed by atoms with Gasteiger partial charge in [0.25, 0.3) is 0 Å². The molecule has 686 valence electrons. The Hall–Kier alpha value is -15.0. The van der Waals surface area contributed by atoms with Crippen molar-refractivity contribution in [2.75, 3.05) is 83.6 Å². The number of esters is 1. The van der Waals surface area contributed by atoms with E-state index < -0.39 is 5.97 Å². The second-order valence-electron chi connectivity index (χ2n) is 29.7. The molecule has 0 amide bonds. The number of carbonyl (C=O) groups is 1. The second kappa shape index (κ2) is 45.9. The summed E-state index contributed by atoms with van der Waals surface area (Å²) in [5, 5.41) is 61.7. The maximum Gasteiger partial charge on any atom is 0.356 e. The number of rotatable bonds is 29. The maximum absolute atomic E-state index is 13.3. The molecule has 44 heteroatoms. The molecule has 0 saturated heterocycles. The average molecular weight is 1930 g/mol. The number of halogens is 2. The van der Waals surface area contributed by atoms with Gasteiger partial charge < -0.3 is 58.7 Å². The van der Waals surface area contributed by atoms with Crippen LogP contribution in [0.3, 0.4) is 0 Å². The Balaban J connectivity index is 0.000000129. The van der Waals surface area contributed by atoms with Gasteiger partial charge in [-0.2, -0.15) is 25.3 Å². The smallest absolute Gasteiger partial charge is 0.356 e. The lowest BCUT2D eigenvalue weighted by molar-refractivity contribution is 0.0592. The predicted octanol–water partition coefficient (Wildman–Crippen LogP) is 20.5. The van der Waals surface area contributed by atoms with Gasteiger partial charge in [-0.3, -0.25) is 15.7 Å². The molecule has 0 saturated carbocycles. The average Bonchev–Trinajstić information content (AvgIpc) is 1.13. The zero-order valence-electron chi connectivity index (χ0n) is 74.3. The molecule has 0 atom stereocenters. The van der Waals surface area contributed by atoms with Crippen molar-refractivity contribution in [1.29, 1.82) is 5.26 Å². The van der Waals surface area contributed by atoms with Crippen molar-refractivity contribution in [3.05, 3.63) is 261 Å². The van der Waals surface area contributed by atoms with Gasteiger partial charge in [-0.15, -0.1) is 43.1 Å². The molecule has 1 aliphatic carbocycles. The third-order valence-corrected chi connectivity index (χ3v) is 24.1. The number of nitrogens with zero attached hydrogens (tertiary/aromatic N) is 24. The highest BCUT2D eigenvalue weighted by Gasteiger charge is 2.24. The van der Waals surface area contributed by atoms with Crippen LogP contribution in [0.25, 0.3) is 32.4 Å². The molecule has 0 spiro atoms. The number of H-pyrrole nitrogens is 1. The number of benzene rings is 6. The van der Waals surface area contributed by atoms with Gasteiger partial charge in [-0.25, -0.2) is 59.0 Å². The molecule has 18 aromatic rings. The topological polar surface area (TPSA) is 454 Å². The number of carbonyl (C=O) groups excluding carboxylic acids is 1. The van der Waals surface area contributed by atoms with Crippen LogP contribution >= 0.6 is 69.1 Å². The van der Waals surface area contributed by atoms with Gasteiger partial charge >= 0.3 is 18.0 Å². The highest BCUT2D eigenvalue weighted by Crippen LogP contribution is 2.38. The number of fused-ring (bicyclic) bond motifs is 3. The number of aromatic amines is 1. The van der Waals surface area contributed by atoms with Gasteiger partial charge in [-0.1, -0.05) is 88.1 Å². The first-order chi connectivity index (χ1) is 65.7. The molecule has 6 aromatic carbocycles. The Bertz CT molecular complexity index is 7030. The minimum absolute atomic E-state index is 0.108. The quantitative estimate of drug-likeness (QED) is 0.0169. The van der Waals surface area contributed by atoms with E-state index in [1.54, 1.807) is 65.4 Å². The molecule has 12 aromatic heterocycles. The Morgan fingerprint density at radius 3 is 2.11 bits per heavy atom. The summed E-state index contributed by atoms with van der Waals surface area (Å²) in [7, 11) is 8.70. The van der Waals surface area contributed by atoms with Crippen LogP contribution in [0, 0.1) is 37.9 Å². The molecule has 12 heterocycles. The molecule has 0 unspecified atom stereocenters. The molecule has 1 aliphatic rings. The number of hydrogen-bond acceptors (Lipinski definition) is 41. The van der Waals surface area contributed by atoms with Crippen molar-refractivity contribution in [2.24, 2.45) is 0 Å². The maximum atomic E-state index is 13.3. The molecule has 135 heavy (non-hydrogen) atoms. The van der Waals surface area contributed by atoms with Crippen molar-refractivity contribution in [3.63, 3.8) is 0 Å². The summed E-state index contributed by atoms with van der Waals surface area (Å²) in [6.45, 7) is 11.6. The number of oxazole rings is 1. The number of nitrogens with one attached hydrogen (secondary N) is 7. The molecule has 0 fully saturated rings. The summed E-state index contributed by atoms with van der Waals surface area (Å²) in [5.41, 5.74) is 20.7. The number of aromatic nitrogens is 21. The number of hydrogen-bond donors (Lipinski definition) is 7. The molecule has 0 bridgehead atoms. The Morgan fingerprint density at radius 2 is 1.39 bits per heavy atom. The van der Waals surface area contributed by atoms with E-state index in [1.165, 1.54) is 78.7 Å². The van der Waals surface area contributed by atoms with Crippen LogP contribution in [0.2, 0.25) is 5.02 Å². The highest BCUT2D eigenvalue weighted by molar-refractivity contribution is 7.99. The number of anilines is 16. The molecule has 19 rings (SSSR count). The number of thiazole rings is 2. The number of ether oxygens (including phenoxy) is 2. The predicted molar refractivity (Wildman–Crippen MR) is 520 cm³/mol. The van der Waals surface area contributed by atoms with E-state index in [2.05, 4.69) is 179 Å². The summed E-state index contributed by atoms with van der Waals surface area (Å²) in [6.07, 6.45) is 11.0. The van der Waals surface area contributed by atoms with Crippen LogP contribution in [0.4, 0.5) is 96.4 Å². The summed E-state index contributed by atoms with van der Waals surface area (Å²) in [4.78, 5) is 78.7. The van der Waals surface area contributed by atoms with E-state index in [0.29, 0.717) is 88.3 Å². The van der Waals surface area contributed by atoms with E-state index in [4.69, 9.17) is 54.5 Å². The van der Waals surface area contributed by atoms with Crippen molar-refractivity contribution >= 4 is 188 Å². The summed E-state index contributed by atoms with van der Waals surface area (Å²) in [5.74, 6) is 4.29. The van der Waals surface area contributed by atoms with Gasteiger partial charge in [0, 0.05) is 94.4 Å². The van der Waals surface area contributed by atoms with Crippen LogP contribution in [-0.4, -0.2) is 158 Å². The van der Waals surface area contributed by atoms with Crippen LogP contribution in [0.5, 0.6) is 0 Å². The fraction of sp³-hybridized carbons (Fsp3) is 0.209. The lowest BCUT2D eigenvalue weighted by Gasteiger charge is -2.22. The van der Waals surface area contributed by atoms with Gasteiger partial charge in [0.1, 0.15) is 51.1 Å². The third-order valence-electron chi connectivity index (χ3n) is 19.9. The van der Waals surface area contributed by atoms with Crippen molar-refractivity contribution in [2.45, 2.75) is 106 Å². The number of aryl methyl sites for hydroxylation is 4. The Labute approximate surface area is 798 Å². The zero-order chi connectivity index (χ0) is 94.1. The normalized spacial score (nSPS) is 11.3. The van der Waals surface area contributed by atoms with Crippen molar-refractivity contribution in [3.8, 4) is 17.3 Å². The van der Waals surface area contributed by atoms with Crippen molar-refractivity contribution in [1.82, 2.24) is 110 Å². The third kappa shape index (κ3) is 25.6. The fourth-order valence-corrected chi connectivity index (χ4v) is 17.2. The van der Waals surface area contributed by atoms with Crippen LogP contribution < -0.4 is 41.7 Å². The van der Waals surface area contributed by atoms with E-state index in [0.717, 1.165) is 147 Å². The first-order valence-electron chi connectivity index (χ1n) is 41.8. The SMILES string of the molecule is CCN(c1ccc(F)cc1)c1nc(C)c(C)c(Nc2ocnc2COC)n1.CCc1ncsc1Nc1cc(-c2cccc(C)c2)nc(Sc2ccc3ncsc3c2)n1.CN(C)Cc1cc(Nc2nnco2)nc(N(C)c2ccccc2Cl)n1.COC(=O)c1cc(Nc2nnco2)nc(Sc2ccc3[nH]ncc3c2)n1.N#CCc1ccc(Nc2nc3c(c(Nc4nncs4)n2)CCCC3)cc1. The van der Waals surface area contributed by atoms with Crippen molar-refractivity contribution < 1.29 is 31.9 Å². The number of para-hydroxylation sites is 1. The second-order valence-corrected chi connectivity index (χ2v) is 34.8. The fourth-order valence-electron chi connectivity index (χ4n) is 13.3. The largest absolute Gasteiger partial charge is 0.464 e. The van der Waals surface area contributed by atoms with E-state index in [1.807, 2.05) is 153 Å². The summed E-state index contributed by atoms with van der Waals surface area (Å²) in [6, 6.07) is 49.8. The molecule has 0 aliphatic heterocycles. The van der Waals surface area contributed by atoms with Crippen LogP contribution in [0.1, 0.15) is 87.9 Å². The molecule has 0 radical (unpaired) electrons. The molecule has 37 nitrogen and oxygen atoms in total. The van der Waals surface area contributed by atoms with Gasteiger partial charge in [-0.05, 0) is 194 Å². The van der Waals surface area contributed by atoms with Crippen LogP contribution in [0.15, 0.2) is 227 Å². The highest BCUT2D eigenvalue weighted by atomic mass is 35.5. The molecular weight excluding hydrogens is 1840 g/mol. The lowest BCUT2D eigenvalue weighted by atomic mass is 9.96. The van der Waals surface area contributed by atoms with Gasteiger partial charge in [0.05, 0.1) is 92.6 Å². The first-order valence-corrected chi connectivity index (χ1v) is 46.5. The van der Waals surface area contributed by atoms with Gasteiger partial charge in [0.2, 0.25) is 41.6 Å². The zero-order valence-corrected chi connectivity index (χ0v) is 79.2. The van der Waals surface area contributed by atoms with E-state index in [9.17, 15) is 9.18 Å². The van der Waals surface area contributed by atoms with E-state index >= 15 is 0 Å². The monoisotopic (exact) mass is 1920 g/mol. The van der Waals surface area contributed by atoms with E-state index in [-0.39, 0.29) is 23.5 Å². The first kappa shape index (κ1) is 94.6.